The second-order valence-electron chi connectivity index (χ2n) is 15.7. The summed E-state index contributed by atoms with van der Waals surface area (Å²) in [5.41, 5.74) is 30.7. The van der Waals surface area contributed by atoms with Gasteiger partial charge in [0.05, 0.1) is 0 Å². The first-order valence-electron chi connectivity index (χ1n) is 21.7. The first-order valence-corrected chi connectivity index (χ1v) is 21.7. The number of nitrogens with one attached hydrogen (secondary N) is 12. The van der Waals surface area contributed by atoms with E-state index in [1.54, 1.807) is 0 Å². The number of hydrogen-bond donors (Lipinski definition) is 12. The van der Waals surface area contributed by atoms with E-state index in [1.807, 2.05) is 181 Å². The summed E-state index contributed by atoms with van der Waals surface area (Å²) in [4.78, 5) is 46.6. The maximum atomic E-state index is 11.6. The van der Waals surface area contributed by atoms with Crippen molar-refractivity contribution in [2.45, 2.75) is 106 Å². The smallest absolute Gasteiger partial charge is 0.251 e. The molecule has 0 unspecified atom stereocenters. The third-order valence-electron chi connectivity index (χ3n) is 8.42. The predicted octanol–water partition coefficient (Wildman–Crippen LogP) is 4.20. The summed E-state index contributed by atoms with van der Waals surface area (Å²) in [6.45, 7) is 18.5. The van der Waals surface area contributed by atoms with Crippen molar-refractivity contribution in [1.82, 2.24) is 64.7 Å². The Hall–Kier alpha value is -5.56. The van der Waals surface area contributed by atoms with Crippen LogP contribution in [0.5, 0.6) is 0 Å². The normalized spacial score (nSPS) is 10.5. The van der Waals surface area contributed by atoms with Gasteiger partial charge in [-0.3, -0.25) is 62.6 Å². The van der Waals surface area contributed by atoms with Crippen LogP contribution in [0.3, 0.4) is 0 Å². The number of benzene rings is 4. The Morgan fingerprint density at radius 3 is 0.594 bits per heavy atom. The highest BCUT2D eigenvalue weighted by molar-refractivity contribution is 5.95. The van der Waals surface area contributed by atoms with Crippen LogP contribution in [0.2, 0.25) is 0 Å². The van der Waals surface area contributed by atoms with E-state index in [1.165, 1.54) is 0 Å². The summed E-state index contributed by atoms with van der Waals surface area (Å²) >= 11 is 0. The Morgan fingerprint density at radius 2 is 0.469 bits per heavy atom. The van der Waals surface area contributed by atoms with E-state index in [2.05, 4.69) is 64.7 Å². The largest absolute Gasteiger partial charge is 0.350 e. The van der Waals surface area contributed by atoms with Crippen LogP contribution in [0, 0.1) is 0 Å². The number of hydrazine groups is 4. The van der Waals surface area contributed by atoms with Gasteiger partial charge in [-0.05, 0) is 154 Å². The average molecular weight is 885 g/mol. The van der Waals surface area contributed by atoms with Gasteiger partial charge in [0, 0.05) is 72.6 Å². The van der Waals surface area contributed by atoms with Crippen molar-refractivity contribution in [3.8, 4) is 0 Å². The molecule has 12 N–H and O–H groups in total. The van der Waals surface area contributed by atoms with E-state index >= 15 is 0 Å². The molecule has 4 aromatic rings. The molecule has 16 nitrogen and oxygen atoms in total. The van der Waals surface area contributed by atoms with Crippen molar-refractivity contribution >= 4 is 23.6 Å². The molecule has 4 amide bonds. The fourth-order valence-corrected chi connectivity index (χ4v) is 5.24. The lowest BCUT2D eigenvalue weighted by Gasteiger charge is -2.09. The van der Waals surface area contributed by atoms with E-state index < -0.39 is 0 Å². The second kappa shape index (κ2) is 33.0. The summed E-state index contributed by atoms with van der Waals surface area (Å²) < 4.78 is 0. The second-order valence-corrected chi connectivity index (χ2v) is 15.7. The molecule has 0 fully saturated rings. The highest BCUT2D eigenvalue weighted by Crippen LogP contribution is 2.07. The van der Waals surface area contributed by atoms with Crippen molar-refractivity contribution in [1.29, 1.82) is 0 Å². The summed E-state index contributed by atoms with van der Waals surface area (Å²) in [5.74, 6) is -0.0995. The van der Waals surface area contributed by atoms with Crippen LogP contribution < -0.4 is 64.7 Å². The molecule has 0 aliphatic heterocycles. The lowest BCUT2D eigenvalue weighted by atomic mass is 10.1. The number of amides is 4. The number of carbonyl (C=O) groups excluding carboxylic acids is 4. The van der Waals surface area contributed by atoms with E-state index in [0.717, 1.165) is 48.4 Å². The van der Waals surface area contributed by atoms with Gasteiger partial charge in [0.15, 0.2) is 0 Å². The fraction of sp³-hybridized carbons (Fsp3) is 0.417. The minimum Gasteiger partial charge on any atom is -0.350 e. The van der Waals surface area contributed by atoms with Gasteiger partial charge in [0.25, 0.3) is 23.6 Å². The molecule has 0 atom stereocenters. The average Bonchev–Trinajstić information content (AvgIpc) is 3.26. The zero-order valence-corrected chi connectivity index (χ0v) is 40.0. The van der Waals surface area contributed by atoms with Gasteiger partial charge in [0.2, 0.25) is 0 Å². The molecule has 64 heavy (non-hydrogen) atoms. The van der Waals surface area contributed by atoms with Crippen molar-refractivity contribution in [3.05, 3.63) is 142 Å². The molecule has 4 aromatic carbocycles. The van der Waals surface area contributed by atoms with Crippen molar-refractivity contribution in [3.63, 3.8) is 0 Å². The maximum Gasteiger partial charge on any atom is 0.251 e. The predicted molar refractivity (Wildman–Crippen MR) is 260 cm³/mol. The van der Waals surface area contributed by atoms with Crippen LogP contribution in [0.4, 0.5) is 0 Å². The Morgan fingerprint density at radius 1 is 0.312 bits per heavy atom. The Labute approximate surface area is 382 Å². The molecule has 352 valence electrons. The molecular weight excluding hydrogens is 809 g/mol. The molecule has 0 aliphatic carbocycles. The third kappa shape index (κ3) is 25.5. The van der Waals surface area contributed by atoms with E-state index in [-0.39, 0.29) is 47.8 Å². The molecule has 16 heteroatoms. The van der Waals surface area contributed by atoms with Crippen LogP contribution >= 0.6 is 0 Å². The van der Waals surface area contributed by atoms with Crippen LogP contribution in [0.15, 0.2) is 97.1 Å². The van der Waals surface area contributed by atoms with Gasteiger partial charge in [0.1, 0.15) is 0 Å². The van der Waals surface area contributed by atoms with E-state index in [0.29, 0.717) is 22.3 Å². The van der Waals surface area contributed by atoms with Gasteiger partial charge in [-0.2, -0.15) is 0 Å². The third-order valence-corrected chi connectivity index (χ3v) is 8.42. The van der Waals surface area contributed by atoms with Gasteiger partial charge in [-0.15, -0.1) is 0 Å². The van der Waals surface area contributed by atoms with Crippen LogP contribution in [0.1, 0.15) is 119 Å². The van der Waals surface area contributed by atoms with Gasteiger partial charge < -0.3 is 21.3 Å². The van der Waals surface area contributed by atoms with Crippen LogP contribution in [-0.2, 0) is 26.2 Å². The number of hydrogen-bond acceptors (Lipinski definition) is 12. The monoisotopic (exact) mass is 885 g/mol. The quantitative estimate of drug-likeness (QED) is 0.0564. The molecule has 0 saturated heterocycles. The molecule has 0 saturated carbocycles. The minimum atomic E-state index is -0.0249. The van der Waals surface area contributed by atoms with Crippen molar-refractivity contribution < 1.29 is 19.2 Å². The molecule has 0 aliphatic rings. The number of carbonyl (C=O) groups is 4. The number of rotatable bonds is 20. The minimum absolute atomic E-state index is 0.0249. The SMILES string of the molecule is CNNCc1ccc(C(=O)NC(C)C)cc1.CNNCc1ccc(C(=O)NC(C)C)cc1.CNNCc1ccc(C(=O)NC(C)C)cc1.CNNCc1ccc(C(=O)NC(C)C)cc1. The van der Waals surface area contributed by atoms with Crippen molar-refractivity contribution in [2.75, 3.05) is 28.2 Å². The Bertz CT molecular complexity index is 1610. The Kier molecular flexibility index (Phi) is 29.1. The molecule has 0 bridgehead atoms. The maximum absolute atomic E-state index is 11.6. The van der Waals surface area contributed by atoms with Crippen molar-refractivity contribution in [2.24, 2.45) is 0 Å². The fourth-order valence-electron chi connectivity index (χ4n) is 5.24. The highest BCUT2D eigenvalue weighted by atomic mass is 16.2. The molecular formula is C48H76N12O4. The zero-order chi connectivity index (χ0) is 47.9. The summed E-state index contributed by atoms with van der Waals surface area (Å²) in [6, 6.07) is 30.9. The lowest BCUT2D eigenvalue weighted by molar-refractivity contribution is 0.0934. The molecule has 0 heterocycles. The topological polar surface area (TPSA) is 213 Å². The van der Waals surface area contributed by atoms with E-state index in [4.69, 9.17) is 0 Å². The highest BCUT2D eigenvalue weighted by Gasteiger charge is 2.09. The zero-order valence-electron chi connectivity index (χ0n) is 40.0. The summed E-state index contributed by atoms with van der Waals surface area (Å²) in [6.07, 6.45) is 0. The molecule has 0 spiro atoms. The molecule has 4 rings (SSSR count). The van der Waals surface area contributed by atoms with Gasteiger partial charge in [-0.25, -0.2) is 0 Å². The lowest BCUT2D eigenvalue weighted by Crippen LogP contribution is -2.30. The first kappa shape index (κ1) is 56.5. The standard InChI is InChI=1S/4C12H19N3O/c4*1-9(2)15-12(16)11-6-4-10(5-7-11)8-14-13-3/h4*4-7,9,13-14H,8H2,1-3H3,(H,15,16). The Balaban J connectivity index is 0.000000427. The van der Waals surface area contributed by atoms with Crippen LogP contribution in [-0.4, -0.2) is 76.0 Å². The van der Waals surface area contributed by atoms with E-state index in [9.17, 15) is 19.2 Å². The van der Waals surface area contributed by atoms with Gasteiger partial charge in [-0.1, -0.05) is 48.5 Å². The first-order chi connectivity index (χ1) is 30.5. The summed E-state index contributed by atoms with van der Waals surface area (Å²) in [7, 11) is 7.30. The summed E-state index contributed by atoms with van der Waals surface area (Å²) in [5, 5.41) is 11.4. The van der Waals surface area contributed by atoms with Gasteiger partial charge >= 0.3 is 0 Å². The van der Waals surface area contributed by atoms with Crippen LogP contribution in [0.25, 0.3) is 0 Å². The molecule has 0 radical (unpaired) electrons. The molecule has 0 aromatic heterocycles.